The molecule has 0 spiro atoms. The molecule has 1 aliphatic rings. The van der Waals surface area contributed by atoms with Crippen LogP contribution in [0.5, 0.6) is 0 Å². The molecule has 2 nitrogen and oxygen atoms in total. The number of allylic oxidation sites excluding steroid dienone is 1. The molecule has 0 aliphatic carbocycles. The topological polar surface area (TPSA) is 36.3 Å². The number of nitriles is 1. The number of hydrogen-bond acceptors (Lipinski definition) is 2. The zero-order chi connectivity index (χ0) is 15.7. The van der Waals surface area contributed by atoms with Gasteiger partial charge in [0.1, 0.15) is 11.7 Å². The van der Waals surface area contributed by atoms with Crippen LogP contribution >= 0.6 is 23.2 Å². The molecule has 1 fully saturated rings. The molecule has 0 radical (unpaired) electrons. The average Bonchev–Trinajstić information content (AvgIpc) is 3.18. The monoisotopic (exact) mass is 329 g/mol. The first-order valence-corrected chi connectivity index (χ1v) is 7.59. The first-order chi connectivity index (χ1) is 10.5. The van der Waals surface area contributed by atoms with E-state index in [2.05, 4.69) is 6.07 Å². The number of epoxide rings is 1. The Labute approximate surface area is 139 Å². The maximum atomic E-state index is 9.41. The molecular weight excluding hydrogens is 317 g/mol. The van der Waals surface area contributed by atoms with Crippen molar-refractivity contribution in [3.63, 3.8) is 0 Å². The van der Waals surface area contributed by atoms with Crippen molar-refractivity contribution < 1.29 is 4.74 Å². The minimum atomic E-state index is -0.474. The molecule has 0 aromatic heterocycles. The van der Waals surface area contributed by atoms with Crippen molar-refractivity contribution in [1.82, 2.24) is 0 Å². The third-order valence-electron chi connectivity index (χ3n) is 3.71. The quantitative estimate of drug-likeness (QED) is 0.556. The number of halogens is 2. The van der Waals surface area contributed by atoms with Crippen molar-refractivity contribution in [2.45, 2.75) is 18.6 Å². The third-order valence-corrected chi connectivity index (χ3v) is 4.22. The molecule has 0 unspecified atom stereocenters. The maximum Gasteiger partial charge on any atom is 0.116 e. The van der Waals surface area contributed by atoms with E-state index in [1.54, 1.807) is 12.1 Å². The molecule has 1 aliphatic heterocycles. The molecule has 2 aromatic carbocycles. The van der Waals surface area contributed by atoms with E-state index < -0.39 is 5.60 Å². The normalized spacial score (nSPS) is 23.9. The average molecular weight is 330 g/mol. The van der Waals surface area contributed by atoms with E-state index in [0.717, 1.165) is 11.1 Å². The van der Waals surface area contributed by atoms with Gasteiger partial charge in [0.25, 0.3) is 0 Å². The minimum Gasteiger partial charge on any atom is -0.357 e. The zero-order valence-electron chi connectivity index (χ0n) is 11.9. The van der Waals surface area contributed by atoms with Crippen LogP contribution < -0.4 is 0 Å². The fourth-order valence-corrected chi connectivity index (χ4v) is 2.71. The molecule has 2 atom stereocenters. The van der Waals surface area contributed by atoms with E-state index in [0.29, 0.717) is 15.6 Å². The summed E-state index contributed by atoms with van der Waals surface area (Å²) < 4.78 is 5.81. The van der Waals surface area contributed by atoms with Gasteiger partial charge in [-0.15, -0.1) is 0 Å². The van der Waals surface area contributed by atoms with Gasteiger partial charge in [0, 0.05) is 10.0 Å². The fourth-order valence-electron chi connectivity index (χ4n) is 2.46. The van der Waals surface area contributed by atoms with E-state index >= 15 is 0 Å². The number of rotatable bonds is 3. The van der Waals surface area contributed by atoms with Crippen LogP contribution in [0.15, 0.2) is 54.6 Å². The van der Waals surface area contributed by atoms with Crippen LogP contribution in [0.4, 0.5) is 0 Å². The second-order valence-corrected chi connectivity index (χ2v) is 6.28. The summed E-state index contributed by atoms with van der Waals surface area (Å²) in [4.78, 5) is 0. The third kappa shape index (κ3) is 3.03. The standard InChI is InChI=1S/C18H13Cl2NO/c1-18(17(22-18)13-4-8-16(20)9-5-13)10-14(11-21)12-2-6-15(19)7-3-12/h2-10,17H,1H3/b14-10+/t17-,18-/m0/s1. The Morgan fingerprint density at radius 3 is 2.18 bits per heavy atom. The molecule has 0 N–H and O–H groups in total. The van der Waals surface area contributed by atoms with E-state index in [4.69, 9.17) is 27.9 Å². The first kappa shape index (κ1) is 15.1. The Hall–Kier alpha value is -1.79. The summed E-state index contributed by atoms with van der Waals surface area (Å²) in [5.41, 5.74) is 1.99. The summed E-state index contributed by atoms with van der Waals surface area (Å²) >= 11 is 11.8. The van der Waals surface area contributed by atoms with Gasteiger partial charge >= 0.3 is 0 Å². The molecule has 0 saturated carbocycles. The van der Waals surface area contributed by atoms with Crippen LogP contribution in [0.2, 0.25) is 10.0 Å². The van der Waals surface area contributed by atoms with Crippen molar-refractivity contribution in [1.29, 1.82) is 5.26 Å². The van der Waals surface area contributed by atoms with Crippen molar-refractivity contribution in [3.8, 4) is 6.07 Å². The SMILES string of the molecule is C[C@@]1(/C=C(\C#N)c2ccc(Cl)cc2)O[C@H]1c1ccc(Cl)cc1. The Morgan fingerprint density at radius 2 is 1.64 bits per heavy atom. The van der Waals surface area contributed by atoms with Gasteiger partial charge in [0.05, 0.1) is 11.6 Å². The highest BCUT2D eigenvalue weighted by molar-refractivity contribution is 6.30. The van der Waals surface area contributed by atoms with Crippen LogP contribution in [0.3, 0.4) is 0 Å². The lowest BCUT2D eigenvalue weighted by atomic mass is 9.96. The van der Waals surface area contributed by atoms with Crippen molar-refractivity contribution in [3.05, 3.63) is 75.8 Å². The lowest BCUT2D eigenvalue weighted by molar-refractivity contribution is 0.345. The van der Waals surface area contributed by atoms with Crippen molar-refractivity contribution >= 4 is 28.8 Å². The summed E-state index contributed by atoms with van der Waals surface area (Å²) in [5.74, 6) is 0. The minimum absolute atomic E-state index is 0.0552. The summed E-state index contributed by atoms with van der Waals surface area (Å²) in [7, 11) is 0. The molecule has 0 bridgehead atoms. The predicted octanol–water partition coefficient (Wildman–Crippen LogP) is 5.43. The zero-order valence-corrected chi connectivity index (χ0v) is 13.4. The highest BCUT2D eigenvalue weighted by Gasteiger charge is 2.51. The van der Waals surface area contributed by atoms with Gasteiger partial charge in [0.15, 0.2) is 0 Å². The number of nitrogens with zero attached hydrogens (tertiary/aromatic N) is 1. The number of hydrogen-bond donors (Lipinski definition) is 0. The molecule has 110 valence electrons. The van der Waals surface area contributed by atoms with Gasteiger partial charge in [0.2, 0.25) is 0 Å². The Morgan fingerprint density at radius 1 is 1.09 bits per heavy atom. The molecule has 22 heavy (non-hydrogen) atoms. The molecule has 1 heterocycles. The molecule has 1 saturated heterocycles. The molecular formula is C18H13Cl2NO. The Balaban J connectivity index is 1.86. The van der Waals surface area contributed by atoms with Crippen LogP contribution in [0.25, 0.3) is 5.57 Å². The smallest absolute Gasteiger partial charge is 0.116 e. The van der Waals surface area contributed by atoms with Crippen LogP contribution in [-0.2, 0) is 4.74 Å². The lowest BCUT2D eigenvalue weighted by Crippen LogP contribution is -2.02. The maximum absolute atomic E-state index is 9.41. The van der Waals surface area contributed by atoms with Crippen LogP contribution in [-0.4, -0.2) is 5.60 Å². The van der Waals surface area contributed by atoms with Gasteiger partial charge in [-0.2, -0.15) is 5.26 Å². The molecule has 2 aromatic rings. The van der Waals surface area contributed by atoms with E-state index in [-0.39, 0.29) is 6.10 Å². The van der Waals surface area contributed by atoms with E-state index in [9.17, 15) is 5.26 Å². The van der Waals surface area contributed by atoms with Crippen molar-refractivity contribution in [2.24, 2.45) is 0 Å². The number of benzene rings is 2. The Bertz CT molecular complexity index is 759. The molecule has 4 heteroatoms. The fraction of sp³-hybridized carbons (Fsp3) is 0.167. The highest BCUT2D eigenvalue weighted by Crippen LogP contribution is 2.51. The Kier molecular flexibility index (Phi) is 3.97. The second-order valence-electron chi connectivity index (χ2n) is 5.41. The van der Waals surface area contributed by atoms with Gasteiger partial charge in [-0.05, 0) is 48.4 Å². The van der Waals surface area contributed by atoms with Gasteiger partial charge in [-0.3, -0.25) is 0 Å². The van der Waals surface area contributed by atoms with Crippen LogP contribution in [0, 0.1) is 11.3 Å². The largest absolute Gasteiger partial charge is 0.357 e. The van der Waals surface area contributed by atoms with Crippen LogP contribution in [0.1, 0.15) is 24.2 Å². The van der Waals surface area contributed by atoms with E-state index in [1.807, 2.05) is 49.4 Å². The molecule has 0 amide bonds. The van der Waals surface area contributed by atoms with Crippen molar-refractivity contribution in [2.75, 3.05) is 0 Å². The highest BCUT2D eigenvalue weighted by atomic mass is 35.5. The summed E-state index contributed by atoms with van der Waals surface area (Å²) in [6.45, 7) is 1.97. The number of ether oxygens (including phenoxy) is 1. The second kappa shape index (κ2) is 5.78. The summed E-state index contributed by atoms with van der Waals surface area (Å²) in [6.07, 6.45) is 1.82. The molecule has 3 rings (SSSR count). The predicted molar refractivity (Wildman–Crippen MR) is 88.7 cm³/mol. The van der Waals surface area contributed by atoms with Gasteiger partial charge in [-0.1, -0.05) is 47.5 Å². The lowest BCUT2D eigenvalue weighted by Gasteiger charge is -2.04. The summed E-state index contributed by atoms with van der Waals surface area (Å²) in [5, 5.41) is 10.8. The van der Waals surface area contributed by atoms with Gasteiger partial charge in [-0.25, -0.2) is 0 Å². The first-order valence-electron chi connectivity index (χ1n) is 6.84. The van der Waals surface area contributed by atoms with E-state index in [1.165, 1.54) is 0 Å². The van der Waals surface area contributed by atoms with Gasteiger partial charge < -0.3 is 4.74 Å². The summed E-state index contributed by atoms with van der Waals surface area (Å²) in [6, 6.07) is 17.0.